The molecule has 9 nitrogen and oxygen atoms in total. The van der Waals surface area contributed by atoms with Crippen LogP contribution in [0.5, 0.6) is 0 Å². The van der Waals surface area contributed by atoms with Gasteiger partial charge in [0.25, 0.3) is 10.1 Å². The Morgan fingerprint density at radius 2 is 1.66 bits per heavy atom. The molecule has 5 rings (SSSR count). The zero-order valence-corrected chi connectivity index (χ0v) is 30.8. The number of esters is 1. The maximum Gasteiger partial charge on any atom is 0.305 e. The highest BCUT2D eigenvalue weighted by Gasteiger charge is 2.46. The molecule has 3 aromatic carbocycles. The first-order chi connectivity index (χ1) is 23.8. The number of anilines is 2. The Balaban J connectivity index is 1.57. The topological polar surface area (TPSA) is 124 Å². The van der Waals surface area contributed by atoms with Gasteiger partial charge in [-0.25, -0.2) is 4.21 Å². The zero-order chi connectivity index (χ0) is 36.1. The summed E-state index contributed by atoms with van der Waals surface area (Å²) in [4.78, 5) is 13.8. The minimum Gasteiger partial charge on any atom is -0.469 e. The number of fused-ring (bicyclic) bond motifs is 2. The van der Waals surface area contributed by atoms with Gasteiger partial charge in [0.1, 0.15) is 6.54 Å². The van der Waals surface area contributed by atoms with Gasteiger partial charge in [0.15, 0.2) is 16.8 Å². The van der Waals surface area contributed by atoms with E-state index in [9.17, 15) is 26.5 Å². The Labute approximate surface area is 298 Å². The summed E-state index contributed by atoms with van der Waals surface area (Å²) in [7, 11) is -3.00. The first-order valence-corrected chi connectivity index (χ1v) is 19.8. The van der Waals surface area contributed by atoms with Gasteiger partial charge in [-0.2, -0.15) is 13.0 Å². The van der Waals surface area contributed by atoms with E-state index in [2.05, 4.69) is 78.8 Å². The first kappa shape index (κ1) is 37.4. The Kier molecular flexibility index (Phi) is 11.6. The third-order valence-electron chi connectivity index (χ3n) is 9.97. The highest BCUT2D eigenvalue weighted by atomic mass is 32.2. The van der Waals surface area contributed by atoms with E-state index >= 15 is 0 Å². The highest BCUT2D eigenvalue weighted by Crippen LogP contribution is 2.53. The van der Waals surface area contributed by atoms with Crippen molar-refractivity contribution in [3.8, 4) is 0 Å². The molecule has 0 saturated carbocycles. The van der Waals surface area contributed by atoms with Crippen LogP contribution in [0, 0.1) is 0 Å². The second-order valence-corrected chi connectivity index (χ2v) is 16.1. The number of nitrogens with zero attached hydrogens (tertiary/aromatic N) is 2. The number of rotatable bonds is 15. The summed E-state index contributed by atoms with van der Waals surface area (Å²) in [6.45, 7) is 7.01. The van der Waals surface area contributed by atoms with E-state index in [0.29, 0.717) is 25.8 Å². The van der Waals surface area contributed by atoms with E-state index in [-0.39, 0.29) is 22.0 Å². The number of hydrogen-bond acceptors (Lipinski definition) is 6. The van der Waals surface area contributed by atoms with Gasteiger partial charge in [-0.3, -0.25) is 9.35 Å². The van der Waals surface area contributed by atoms with E-state index in [1.54, 1.807) is 12.1 Å². The van der Waals surface area contributed by atoms with E-state index in [0.717, 1.165) is 59.7 Å². The third-order valence-corrected chi connectivity index (χ3v) is 11.5. The maximum absolute atomic E-state index is 12.1. The van der Waals surface area contributed by atoms with Crippen molar-refractivity contribution in [1.82, 2.24) is 0 Å². The standard InChI is InChI=1S/C39H46N2O7S2/c1-38(2)32-28-30(50(45,46)47)23-24-33(32)40(26-13-6-9-22-37(42)48-4)35(38)20-15-21-36-39(3,25-12-14-27-49(43)44)31-18-10-11-19-34(31)41(36)29-16-7-5-8-17-29/h5,7-8,10-11,15-21,23-24,28H,6,9,12-14,22,25-27H2,1-4H3,(H-,43,44,45,46,47)/p+1. The molecular weight excluding hydrogens is 673 g/mol. The molecule has 3 aromatic rings. The minimum absolute atomic E-state index is 0.141. The molecular formula is C39H47N2O7S2+. The Bertz CT molecular complexity index is 1950. The molecule has 0 aromatic heterocycles. The SMILES string of the molecule is COC(=O)CCCCC[N+]1=C(C=CC=C2N(c3ccccc3)c3ccccc3C2(C)CCCCS(=O)O)C(C)(C)c2cc(S(=O)(=O)O)ccc21. The van der Waals surface area contributed by atoms with Crippen LogP contribution < -0.4 is 4.90 Å². The van der Waals surface area contributed by atoms with Crippen LogP contribution in [0.1, 0.15) is 76.8 Å². The number of carbonyl (C=O) groups is 1. The minimum atomic E-state index is -4.39. The number of methoxy groups -OCH3 is 1. The molecule has 2 N–H and O–H groups in total. The molecule has 0 saturated heterocycles. The second kappa shape index (κ2) is 15.6. The van der Waals surface area contributed by atoms with Crippen LogP contribution in [-0.4, -0.2) is 57.4 Å². The fourth-order valence-electron chi connectivity index (χ4n) is 7.33. The van der Waals surface area contributed by atoms with Crippen LogP contribution >= 0.6 is 0 Å². The average Bonchev–Trinajstić information content (AvgIpc) is 3.46. The molecule has 0 spiro atoms. The van der Waals surface area contributed by atoms with Crippen molar-refractivity contribution in [2.75, 3.05) is 24.3 Å². The highest BCUT2D eigenvalue weighted by molar-refractivity contribution is 7.85. The lowest BCUT2D eigenvalue weighted by atomic mass is 9.77. The molecule has 0 fully saturated rings. The number of ether oxygens (including phenoxy) is 1. The van der Waals surface area contributed by atoms with Crippen molar-refractivity contribution in [2.24, 2.45) is 0 Å². The molecule has 0 aliphatic carbocycles. The van der Waals surface area contributed by atoms with Crippen molar-refractivity contribution in [3.63, 3.8) is 0 Å². The third kappa shape index (κ3) is 7.86. The van der Waals surface area contributed by atoms with Gasteiger partial charge in [0.2, 0.25) is 5.69 Å². The van der Waals surface area contributed by atoms with Crippen molar-refractivity contribution in [2.45, 2.75) is 81.4 Å². The van der Waals surface area contributed by atoms with Crippen molar-refractivity contribution in [1.29, 1.82) is 0 Å². The Hall–Kier alpha value is -3.90. The summed E-state index contributed by atoms with van der Waals surface area (Å²) in [6.07, 6.45) is 11.2. The monoisotopic (exact) mass is 719 g/mol. The van der Waals surface area contributed by atoms with E-state index in [1.807, 2.05) is 24.3 Å². The van der Waals surface area contributed by atoms with Gasteiger partial charge < -0.3 is 14.2 Å². The lowest BCUT2D eigenvalue weighted by Gasteiger charge is -2.30. The smallest absolute Gasteiger partial charge is 0.305 e. The van der Waals surface area contributed by atoms with Gasteiger partial charge in [0.05, 0.1) is 17.4 Å². The van der Waals surface area contributed by atoms with Crippen LogP contribution in [0.4, 0.5) is 17.1 Å². The summed E-state index contributed by atoms with van der Waals surface area (Å²) < 4.78 is 61.9. The molecule has 2 aliphatic rings. The molecule has 2 unspecified atom stereocenters. The van der Waals surface area contributed by atoms with E-state index in [4.69, 9.17) is 4.74 Å². The predicted molar refractivity (Wildman–Crippen MR) is 199 cm³/mol. The van der Waals surface area contributed by atoms with Crippen LogP contribution in [-0.2, 0) is 41.6 Å². The molecule has 266 valence electrons. The van der Waals surface area contributed by atoms with Crippen LogP contribution in [0.25, 0.3) is 0 Å². The van der Waals surface area contributed by atoms with Gasteiger partial charge in [-0.15, -0.1) is 0 Å². The summed E-state index contributed by atoms with van der Waals surface area (Å²) >= 11 is -1.83. The fourth-order valence-corrected chi connectivity index (χ4v) is 8.29. The normalized spacial score (nSPS) is 19.6. The number of carbonyl (C=O) groups excluding carboxylic acids is 1. The van der Waals surface area contributed by atoms with Crippen molar-refractivity contribution < 1.29 is 35.8 Å². The van der Waals surface area contributed by atoms with Gasteiger partial charge in [-0.1, -0.05) is 48.9 Å². The lowest BCUT2D eigenvalue weighted by molar-refractivity contribution is -0.438. The number of benzene rings is 3. The summed E-state index contributed by atoms with van der Waals surface area (Å²) in [6, 6.07) is 23.4. The number of allylic oxidation sites excluding steroid dienone is 4. The summed E-state index contributed by atoms with van der Waals surface area (Å²) in [5.41, 5.74) is 6.12. The van der Waals surface area contributed by atoms with Gasteiger partial charge in [-0.05, 0) is 88.4 Å². The summed E-state index contributed by atoms with van der Waals surface area (Å²) in [5.74, 6) is 0.0119. The number of hydrogen-bond donors (Lipinski definition) is 2. The quantitative estimate of drug-likeness (QED) is 0.0533. The Morgan fingerprint density at radius 3 is 2.36 bits per heavy atom. The van der Waals surface area contributed by atoms with Crippen LogP contribution in [0.15, 0.2) is 102 Å². The van der Waals surface area contributed by atoms with E-state index < -0.39 is 26.6 Å². The van der Waals surface area contributed by atoms with Crippen LogP contribution in [0.2, 0.25) is 0 Å². The molecule has 2 aliphatic heterocycles. The summed E-state index contributed by atoms with van der Waals surface area (Å²) in [5, 5.41) is 0. The molecule has 11 heteroatoms. The Morgan fingerprint density at radius 1 is 0.940 bits per heavy atom. The largest absolute Gasteiger partial charge is 0.469 e. The van der Waals surface area contributed by atoms with Crippen molar-refractivity contribution >= 4 is 49.9 Å². The van der Waals surface area contributed by atoms with Crippen molar-refractivity contribution in [3.05, 3.63) is 108 Å². The molecule has 2 heterocycles. The molecule has 0 radical (unpaired) electrons. The fraction of sp³-hybridized carbons (Fsp3) is 0.385. The second-order valence-electron chi connectivity index (χ2n) is 13.6. The van der Waals surface area contributed by atoms with Gasteiger partial charge >= 0.3 is 5.97 Å². The van der Waals surface area contributed by atoms with Gasteiger partial charge in [0, 0.05) is 58.8 Å². The molecule has 0 amide bonds. The number of para-hydroxylation sites is 2. The first-order valence-electron chi connectivity index (χ1n) is 17.0. The molecule has 2 atom stereocenters. The predicted octanol–water partition coefficient (Wildman–Crippen LogP) is 7.98. The lowest BCUT2D eigenvalue weighted by Crippen LogP contribution is -2.28. The molecule has 0 bridgehead atoms. The maximum atomic E-state index is 12.1. The molecule has 50 heavy (non-hydrogen) atoms. The van der Waals surface area contributed by atoms with E-state index in [1.165, 1.54) is 18.7 Å². The zero-order valence-electron chi connectivity index (χ0n) is 29.2. The van der Waals surface area contributed by atoms with Crippen LogP contribution in [0.3, 0.4) is 0 Å². The number of unbranched alkanes of at least 4 members (excludes halogenated alkanes) is 3. The average molecular weight is 720 g/mol.